The molecule has 3 nitrogen and oxygen atoms in total. The van der Waals surface area contributed by atoms with Crippen LogP contribution in [0.3, 0.4) is 0 Å². The maximum atomic E-state index is 4.42. The number of aromatic nitrogens is 2. The third-order valence-corrected chi connectivity index (χ3v) is 3.49. The van der Waals surface area contributed by atoms with Crippen molar-refractivity contribution in [3.63, 3.8) is 0 Å². The number of nitrogens with zero attached hydrogens (tertiary/aromatic N) is 2. The molecule has 0 spiro atoms. The van der Waals surface area contributed by atoms with Crippen LogP contribution in [0.2, 0.25) is 0 Å². The van der Waals surface area contributed by atoms with E-state index in [0.717, 1.165) is 25.9 Å². The van der Waals surface area contributed by atoms with Crippen LogP contribution in [-0.2, 0) is 12.1 Å². The Kier molecular flexibility index (Phi) is 3.10. The molecule has 2 rings (SSSR count). The normalized spacial score (nSPS) is 26.0. The smallest absolute Gasteiger partial charge is 0.0540 e. The van der Waals surface area contributed by atoms with Gasteiger partial charge in [-0.05, 0) is 32.2 Å². The molecule has 1 unspecified atom stereocenters. The molecule has 0 radical (unpaired) electrons. The fourth-order valence-electron chi connectivity index (χ4n) is 2.52. The summed E-state index contributed by atoms with van der Waals surface area (Å²) in [6, 6.07) is 0. The van der Waals surface area contributed by atoms with Crippen LogP contribution in [0, 0.1) is 0 Å². The highest BCUT2D eigenvalue weighted by molar-refractivity contribution is 5.19. The molecule has 1 saturated heterocycles. The first-order valence-electron chi connectivity index (χ1n) is 6.08. The summed E-state index contributed by atoms with van der Waals surface area (Å²) < 4.78 is 2.06. The zero-order valence-corrected chi connectivity index (χ0v) is 9.79. The molecular formula is C12H21N3. The largest absolute Gasteiger partial charge is 0.307 e. The molecule has 3 heteroatoms. The van der Waals surface area contributed by atoms with Crippen molar-refractivity contribution in [3.8, 4) is 0 Å². The Balaban J connectivity index is 2.19. The second-order valence-electron chi connectivity index (χ2n) is 4.46. The minimum absolute atomic E-state index is 0.214. The summed E-state index contributed by atoms with van der Waals surface area (Å²) in [5.74, 6) is 0. The highest BCUT2D eigenvalue weighted by Gasteiger charge is 2.34. The van der Waals surface area contributed by atoms with Gasteiger partial charge in [-0.3, -0.25) is 4.68 Å². The van der Waals surface area contributed by atoms with E-state index in [1.165, 1.54) is 18.4 Å². The summed E-state index contributed by atoms with van der Waals surface area (Å²) in [4.78, 5) is 0. The topological polar surface area (TPSA) is 29.9 Å². The zero-order chi connectivity index (χ0) is 10.7. The predicted molar refractivity (Wildman–Crippen MR) is 61.7 cm³/mol. The maximum absolute atomic E-state index is 4.42. The van der Waals surface area contributed by atoms with E-state index in [-0.39, 0.29) is 5.54 Å². The van der Waals surface area contributed by atoms with E-state index in [1.807, 2.05) is 6.20 Å². The second-order valence-corrected chi connectivity index (χ2v) is 4.46. The molecule has 0 aromatic carbocycles. The van der Waals surface area contributed by atoms with Crippen molar-refractivity contribution >= 4 is 0 Å². The lowest BCUT2D eigenvalue weighted by Crippen LogP contribution is -2.35. The third kappa shape index (κ3) is 1.93. The van der Waals surface area contributed by atoms with Crippen LogP contribution in [0.25, 0.3) is 0 Å². The van der Waals surface area contributed by atoms with Crippen molar-refractivity contribution in [2.75, 3.05) is 6.54 Å². The summed E-state index contributed by atoms with van der Waals surface area (Å²) in [5.41, 5.74) is 1.59. The zero-order valence-electron chi connectivity index (χ0n) is 9.79. The van der Waals surface area contributed by atoms with E-state index in [0.29, 0.717) is 0 Å². The van der Waals surface area contributed by atoms with E-state index in [9.17, 15) is 0 Å². The van der Waals surface area contributed by atoms with Gasteiger partial charge >= 0.3 is 0 Å². The Morgan fingerprint density at radius 1 is 1.53 bits per heavy atom. The lowest BCUT2D eigenvalue weighted by molar-refractivity contribution is 0.375. The van der Waals surface area contributed by atoms with Crippen molar-refractivity contribution in [3.05, 3.63) is 18.0 Å². The fourth-order valence-corrected chi connectivity index (χ4v) is 2.52. The average Bonchev–Trinajstić information content (AvgIpc) is 2.86. The number of hydrogen-bond donors (Lipinski definition) is 1. The van der Waals surface area contributed by atoms with Crippen LogP contribution in [0.4, 0.5) is 0 Å². The summed E-state index contributed by atoms with van der Waals surface area (Å²) in [6.07, 6.45) is 9.09. The minimum Gasteiger partial charge on any atom is -0.307 e. The van der Waals surface area contributed by atoms with Gasteiger partial charge in [-0.25, -0.2) is 0 Å². The van der Waals surface area contributed by atoms with E-state index in [4.69, 9.17) is 0 Å². The van der Waals surface area contributed by atoms with Gasteiger partial charge in [0.15, 0.2) is 0 Å². The van der Waals surface area contributed by atoms with Crippen molar-refractivity contribution in [2.45, 2.75) is 51.6 Å². The van der Waals surface area contributed by atoms with Crippen LogP contribution in [-0.4, -0.2) is 16.3 Å². The van der Waals surface area contributed by atoms with Gasteiger partial charge in [0.05, 0.1) is 6.20 Å². The molecule has 1 atom stereocenters. The summed E-state index contributed by atoms with van der Waals surface area (Å²) in [5, 5.41) is 8.06. The Labute approximate surface area is 91.9 Å². The van der Waals surface area contributed by atoms with Crippen LogP contribution in [0.1, 0.15) is 45.1 Å². The average molecular weight is 207 g/mol. The van der Waals surface area contributed by atoms with E-state index >= 15 is 0 Å². The molecule has 1 aromatic rings. The predicted octanol–water partition coefficient (Wildman–Crippen LogP) is 2.28. The molecule has 1 N–H and O–H groups in total. The molecule has 0 bridgehead atoms. The first kappa shape index (κ1) is 10.7. The molecule has 15 heavy (non-hydrogen) atoms. The lowest BCUT2D eigenvalue weighted by Gasteiger charge is -2.26. The first-order valence-corrected chi connectivity index (χ1v) is 6.08. The molecule has 1 aliphatic heterocycles. The fraction of sp³-hybridized carbons (Fsp3) is 0.750. The quantitative estimate of drug-likeness (QED) is 0.821. The number of aryl methyl sites for hydroxylation is 1. The Hall–Kier alpha value is -0.830. The van der Waals surface area contributed by atoms with Crippen LogP contribution >= 0.6 is 0 Å². The maximum Gasteiger partial charge on any atom is 0.0540 e. The Morgan fingerprint density at radius 3 is 3.00 bits per heavy atom. The van der Waals surface area contributed by atoms with Gasteiger partial charge in [0.1, 0.15) is 0 Å². The summed E-state index contributed by atoms with van der Waals surface area (Å²) >= 11 is 0. The van der Waals surface area contributed by atoms with Crippen molar-refractivity contribution in [2.24, 2.45) is 0 Å². The highest BCUT2D eigenvalue weighted by Crippen LogP contribution is 2.33. The van der Waals surface area contributed by atoms with Gasteiger partial charge in [-0.15, -0.1) is 0 Å². The SMILES string of the molecule is CCCn1cc(C2(CC)CCCN2)cn1. The molecular weight excluding hydrogens is 186 g/mol. The van der Waals surface area contributed by atoms with E-state index in [2.05, 4.69) is 35.1 Å². The van der Waals surface area contributed by atoms with Crippen LogP contribution in [0.5, 0.6) is 0 Å². The molecule has 2 heterocycles. The molecule has 0 amide bonds. The third-order valence-electron chi connectivity index (χ3n) is 3.49. The monoisotopic (exact) mass is 207 g/mol. The Morgan fingerprint density at radius 2 is 2.40 bits per heavy atom. The molecule has 0 aliphatic carbocycles. The molecule has 1 fully saturated rings. The second kappa shape index (κ2) is 4.35. The minimum atomic E-state index is 0.214. The van der Waals surface area contributed by atoms with E-state index < -0.39 is 0 Å². The van der Waals surface area contributed by atoms with Gasteiger partial charge in [-0.2, -0.15) is 5.10 Å². The number of nitrogens with one attached hydrogen (secondary N) is 1. The molecule has 0 saturated carbocycles. The molecule has 84 valence electrons. The lowest BCUT2D eigenvalue weighted by atomic mass is 9.88. The van der Waals surface area contributed by atoms with Gasteiger partial charge in [0.2, 0.25) is 0 Å². The van der Waals surface area contributed by atoms with Crippen LogP contribution in [0.15, 0.2) is 12.4 Å². The van der Waals surface area contributed by atoms with Gasteiger partial charge in [0.25, 0.3) is 0 Å². The van der Waals surface area contributed by atoms with Gasteiger partial charge in [0, 0.05) is 23.8 Å². The van der Waals surface area contributed by atoms with Crippen molar-refractivity contribution < 1.29 is 0 Å². The molecule has 1 aliphatic rings. The van der Waals surface area contributed by atoms with Gasteiger partial charge < -0.3 is 5.32 Å². The Bertz CT molecular complexity index is 310. The number of hydrogen-bond acceptors (Lipinski definition) is 2. The summed E-state index contributed by atoms with van der Waals surface area (Å²) in [7, 11) is 0. The van der Waals surface area contributed by atoms with E-state index in [1.54, 1.807) is 0 Å². The molecule has 1 aromatic heterocycles. The van der Waals surface area contributed by atoms with Gasteiger partial charge in [-0.1, -0.05) is 13.8 Å². The summed E-state index contributed by atoms with van der Waals surface area (Å²) in [6.45, 7) is 6.62. The first-order chi connectivity index (χ1) is 7.30. The van der Waals surface area contributed by atoms with Crippen molar-refractivity contribution in [1.29, 1.82) is 0 Å². The standard InChI is InChI=1S/C12H21N3/c1-3-8-15-10-11(9-14-15)12(4-2)6-5-7-13-12/h9-10,13H,3-8H2,1-2H3. The highest BCUT2D eigenvalue weighted by atomic mass is 15.3. The van der Waals surface area contributed by atoms with Crippen LogP contribution < -0.4 is 5.32 Å². The number of rotatable bonds is 4. The van der Waals surface area contributed by atoms with Crippen molar-refractivity contribution in [1.82, 2.24) is 15.1 Å².